The lowest BCUT2D eigenvalue weighted by Crippen LogP contribution is -2.26. The summed E-state index contributed by atoms with van der Waals surface area (Å²) in [6.07, 6.45) is 6.83. The molecule has 1 rings (SSSR count). The monoisotopic (exact) mass is 201 g/mol. The van der Waals surface area contributed by atoms with Gasteiger partial charge in [0.1, 0.15) is 0 Å². The summed E-state index contributed by atoms with van der Waals surface area (Å²) >= 11 is 0. The highest BCUT2D eigenvalue weighted by Crippen LogP contribution is 2.08. The number of rotatable bonds is 2. The van der Waals surface area contributed by atoms with Crippen molar-refractivity contribution in [3.63, 3.8) is 0 Å². The first kappa shape index (κ1) is 16.4. The fraction of sp³-hybridized carbons (Fsp3) is 1.00. The van der Waals surface area contributed by atoms with Crippen molar-refractivity contribution in [3.05, 3.63) is 0 Å². The molecule has 1 fully saturated rings. The van der Waals surface area contributed by atoms with E-state index in [1.807, 2.05) is 13.8 Å². The second-order valence-electron chi connectivity index (χ2n) is 3.79. The zero-order valence-corrected chi connectivity index (χ0v) is 11.0. The largest absolute Gasteiger partial charge is 0.317 e. The van der Waals surface area contributed by atoms with Crippen LogP contribution in [0.25, 0.3) is 0 Å². The predicted octanol–water partition coefficient (Wildman–Crippen LogP) is 4.23. The second-order valence-corrected chi connectivity index (χ2v) is 3.79. The SMILES string of the molecule is CC.CC1CCNCC1.CCCCC. The molecule has 0 atom stereocenters. The van der Waals surface area contributed by atoms with Crippen molar-refractivity contribution < 1.29 is 0 Å². The molecule has 1 aliphatic rings. The van der Waals surface area contributed by atoms with E-state index >= 15 is 0 Å². The molecule has 0 spiro atoms. The van der Waals surface area contributed by atoms with E-state index < -0.39 is 0 Å². The summed E-state index contributed by atoms with van der Waals surface area (Å²) in [5, 5.41) is 3.32. The molecule has 1 N–H and O–H groups in total. The summed E-state index contributed by atoms with van der Waals surface area (Å²) in [4.78, 5) is 0. The first-order valence-electron chi connectivity index (χ1n) is 6.52. The van der Waals surface area contributed by atoms with Crippen LogP contribution in [0.1, 0.15) is 66.7 Å². The molecule has 0 aliphatic carbocycles. The highest BCUT2D eigenvalue weighted by Gasteiger charge is 2.04. The summed E-state index contributed by atoms with van der Waals surface area (Å²) in [7, 11) is 0. The lowest BCUT2D eigenvalue weighted by atomic mass is 10.0. The van der Waals surface area contributed by atoms with Gasteiger partial charge in [-0.25, -0.2) is 0 Å². The van der Waals surface area contributed by atoms with Gasteiger partial charge in [0.15, 0.2) is 0 Å². The average molecular weight is 201 g/mol. The Labute approximate surface area is 91.7 Å². The van der Waals surface area contributed by atoms with Gasteiger partial charge in [-0.05, 0) is 31.8 Å². The average Bonchev–Trinajstić information content (AvgIpc) is 2.24. The molecule has 1 saturated heterocycles. The van der Waals surface area contributed by atoms with Gasteiger partial charge >= 0.3 is 0 Å². The van der Waals surface area contributed by atoms with Gasteiger partial charge in [-0.2, -0.15) is 0 Å². The van der Waals surface area contributed by atoms with E-state index in [-0.39, 0.29) is 0 Å². The van der Waals surface area contributed by atoms with Gasteiger partial charge in [-0.3, -0.25) is 0 Å². The summed E-state index contributed by atoms with van der Waals surface area (Å²) in [5.41, 5.74) is 0. The maximum atomic E-state index is 3.32. The third kappa shape index (κ3) is 14.5. The molecule has 88 valence electrons. The van der Waals surface area contributed by atoms with Crippen LogP contribution in [0, 0.1) is 5.92 Å². The molecule has 1 nitrogen and oxygen atoms in total. The molecule has 0 aromatic carbocycles. The van der Waals surface area contributed by atoms with Gasteiger partial charge in [0.05, 0.1) is 0 Å². The quantitative estimate of drug-likeness (QED) is 0.705. The lowest BCUT2D eigenvalue weighted by Gasteiger charge is -2.17. The van der Waals surface area contributed by atoms with E-state index in [0.29, 0.717) is 0 Å². The minimum Gasteiger partial charge on any atom is -0.317 e. The molecular formula is C13H31N. The summed E-state index contributed by atoms with van der Waals surface area (Å²) in [6.45, 7) is 13.2. The number of piperidine rings is 1. The van der Waals surface area contributed by atoms with Crippen LogP contribution in [0.5, 0.6) is 0 Å². The lowest BCUT2D eigenvalue weighted by molar-refractivity contribution is 0.402. The Morgan fingerprint density at radius 1 is 1.00 bits per heavy atom. The fourth-order valence-electron chi connectivity index (χ4n) is 1.32. The van der Waals surface area contributed by atoms with Crippen molar-refractivity contribution in [1.29, 1.82) is 0 Å². The predicted molar refractivity (Wildman–Crippen MR) is 67.8 cm³/mol. The van der Waals surface area contributed by atoms with Crippen molar-refractivity contribution in [3.8, 4) is 0 Å². The second kappa shape index (κ2) is 15.4. The van der Waals surface area contributed by atoms with E-state index in [4.69, 9.17) is 0 Å². The van der Waals surface area contributed by atoms with Crippen molar-refractivity contribution >= 4 is 0 Å². The number of hydrogen-bond acceptors (Lipinski definition) is 1. The topological polar surface area (TPSA) is 12.0 Å². The van der Waals surface area contributed by atoms with Gasteiger partial charge < -0.3 is 5.32 Å². The number of unbranched alkanes of at least 4 members (excludes halogenated alkanes) is 2. The Morgan fingerprint density at radius 2 is 1.43 bits per heavy atom. The molecule has 0 aromatic heterocycles. The minimum atomic E-state index is 0.973. The normalized spacial score (nSPS) is 16.1. The maximum absolute atomic E-state index is 3.32. The van der Waals surface area contributed by atoms with E-state index in [2.05, 4.69) is 26.1 Å². The molecule has 1 heterocycles. The third-order valence-corrected chi connectivity index (χ3v) is 2.33. The molecule has 14 heavy (non-hydrogen) atoms. The van der Waals surface area contributed by atoms with Gasteiger partial charge in [-0.1, -0.05) is 53.9 Å². The Kier molecular flexibility index (Phi) is 18.1. The van der Waals surface area contributed by atoms with Crippen molar-refractivity contribution in [2.24, 2.45) is 5.92 Å². The molecular weight excluding hydrogens is 170 g/mol. The van der Waals surface area contributed by atoms with Crippen molar-refractivity contribution in [1.82, 2.24) is 5.32 Å². The van der Waals surface area contributed by atoms with Crippen LogP contribution >= 0.6 is 0 Å². The highest BCUT2D eigenvalue weighted by atomic mass is 14.9. The first-order valence-corrected chi connectivity index (χ1v) is 6.52. The van der Waals surface area contributed by atoms with Crippen LogP contribution in [-0.2, 0) is 0 Å². The Morgan fingerprint density at radius 3 is 1.57 bits per heavy atom. The highest BCUT2D eigenvalue weighted by molar-refractivity contribution is 4.62. The summed E-state index contributed by atoms with van der Waals surface area (Å²) < 4.78 is 0. The zero-order valence-electron chi connectivity index (χ0n) is 11.0. The van der Waals surface area contributed by atoms with Crippen LogP contribution in [0.15, 0.2) is 0 Å². The minimum absolute atomic E-state index is 0.973. The Balaban J connectivity index is 0. The van der Waals surface area contributed by atoms with Crippen molar-refractivity contribution in [2.75, 3.05) is 13.1 Å². The summed E-state index contributed by atoms with van der Waals surface area (Å²) in [5.74, 6) is 0.973. The van der Waals surface area contributed by atoms with E-state index in [1.54, 1.807) is 0 Å². The number of nitrogens with one attached hydrogen (secondary N) is 1. The van der Waals surface area contributed by atoms with Crippen molar-refractivity contribution in [2.45, 2.75) is 66.7 Å². The molecule has 0 aromatic rings. The molecule has 1 heteroatoms. The first-order chi connectivity index (χ1) is 6.81. The van der Waals surface area contributed by atoms with Crippen LogP contribution in [0.2, 0.25) is 0 Å². The standard InChI is InChI=1S/C6H13N.C5H12.C2H6/c1-6-2-4-7-5-3-6;1-3-5-4-2;1-2/h6-7H,2-5H2,1H3;3-5H2,1-2H3;1-2H3. The third-order valence-electron chi connectivity index (χ3n) is 2.33. The Hall–Kier alpha value is -0.0400. The van der Waals surface area contributed by atoms with Gasteiger partial charge in [-0.15, -0.1) is 0 Å². The number of hydrogen-bond donors (Lipinski definition) is 1. The summed E-state index contributed by atoms with van der Waals surface area (Å²) in [6, 6.07) is 0. The molecule has 0 bridgehead atoms. The van der Waals surface area contributed by atoms with Gasteiger partial charge in [0.2, 0.25) is 0 Å². The zero-order chi connectivity index (χ0) is 11.2. The van der Waals surface area contributed by atoms with Gasteiger partial charge in [0, 0.05) is 0 Å². The van der Waals surface area contributed by atoms with Crippen LogP contribution in [0.4, 0.5) is 0 Å². The van der Waals surface area contributed by atoms with E-state index in [1.165, 1.54) is 45.2 Å². The van der Waals surface area contributed by atoms with E-state index in [0.717, 1.165) is 5.92 Å². The molecule has 0 radical (unpaired) electrons. The fourth-order valence-corrected chi connectivity index (χ4v) is 1.32. The molecule has 0 amide bonds. The van der Waals surface area contributed by atoms with Crippen LogP contribution in [0.3, 0.4) is 0 Å². The smallest absolute Gasteiger partial charge is 0.00464 e. The maximum Gasteiger partial charge on any atom is -0.00464 e. The Bertz CT molecular complexity index is 73.3. The van der Waals surface area contributed by atoms with E-state index in [9.17, 15) is 0 Å². The van der Waals surface area contributed by atoms with Gasteiger partial charge in [0.25, 0.3) is 0 Å². The van der Waals surface area contributed by atoms with Crippen LogP contribution < -0.4 is 5.32 Å². The molecule has 0 saturated carbocycles. The molecule has 0 unspecified atom stereocenters. The van der Waals surface area contributed by atoms with Crippen LogP contribution in [-0.4, -0.2) is 13.1 Å². The molecule has 1 aliphatic heterocycles.